The Morgan fingerprint density at radius 3 is 2.50 bits per heavy atom. The van der Waals surface area contributed by atoms with E-state index in [1.165, 1.54) is 13.3 Å². The molecule has 1 N–H and O–H groups in total. The van der Waals surface area contributed by atoms with Gasteiger partial charge in [0.2, 0.25) is 0 Å². The van der Waals surface area contributed by atoms with Crippen molar-refractivity contribution in [3.63, 3.8) is 0 Å². The molecule has 0 aliphatic carbocycles. The van der Waals surface area contributed by atoms with Crippen LogP contribution in [0.2, 0.25) is 0 Å². The van der Waals surface area contributed by atoms with Gasteiger partial charge in [0.25, 0.3) is 0 Å². The lowest BCUT2D eigenvalue weighted by Gasteiger charge is -2.36. The molecule has 0 amide bonds. The lowest BCUT2D eigenvalue weighted by molar-refractivity contribution is -0.137. The third-order valence-corrected chi connectivity index (χ3v) is 5.91. The number of nitrogens with zero attached hydrogens (tertiary/aromatic N) is 4. The number of benzene rings is 1. The van der Waals surface area contributed by atoms with Crippen molar-refractivity contribution in [2.24, 2.45) is 5.92 Å². The van der Waals surface area contributed by atoms with Crippen LogP contribution in [0.25, 0.3) is 11.3 Å². The van der Waals surface area contributed by atoms with Gasteiger partial charge >= 0.3 is 6.18 Å². The summed E-state index contributed by atoms with van der Waals surface area (Å²) in [6, 6.07) is 5.74. The Labute approximate surface area is 161 Å². The van der Waals surface area contributed by atoms with Crippen LogP contribution in [-0.2, 0) is 6.18 Å². The van der Waals surface area contributed by atoms with E-state index in [1.807, 2.05) is 6.07 Å². The van der Waals surface area contributed by atoms with E-state index in [4.69, 9.17) is 0 Å². The molecule has 2 aromatic rings. The van der Waals surface area contributed by atoms with Crippen LogP contribution in [0.15, 0.2) is 24.3 Å². The van der Waals surface area contributed by atoms with Gasteiger partial charge < -0.3 is 14.9 Å². The van der Waals surface area contributed by atoms with Crippen LogP contribution in [0, 0.1) is 12.8 Å². The van der Waals surface area contributed by atoms with Crippen molar-refractivity contribution >= 4 is 5.82 Å². The molecule has 2 fully saturated rings. The number of phenols is 1. The third-order valence-electron chi connectivity index (χ3n) is 5.91. The van der Waals surface area contributed by atoms with Crippen molar-refractivity contribution in [1.82, 2.24) is 15.1 Å². The Balaban J connectivity index is 1.61. The number of fused-ring (bicyclic) bond motifs is 1. The van der Waals surface area contributed by atoms with E-state index in [-0.39, 0.29) is 5.56 Å². The zero-order valence-electron chi connectivity index (χ0n) is 15.9. The first-order chi connectivity index (χ1) is 13.2. The number of hydrogen-bond donors (Lipinski definition) is 1. The van der Waals surface area contributed by atoms with Crippen LogP contribution in [0.5, 0.6) is 5.75 Å². The van der Waals surface area contributed by atoms with Gasteiger partial charge in [-0.25, -0.2) is 0 Å². The molecule has 0 unspecified atom stereocenters. The predicted octanol–water partition coefficient (Wildman–Crippen LogP) is 3.71. The molecular formula is C20H23F3N4O. The molecular weight excluding hydrogens is 369 g/mol. The third kappa shape index (κ3) is 3.41. The second-order valence-corrected chi connectivity index (χ2v) is 7.82. The van der Waals surface area contributed by atoms with E-state index < -0.39 is 17.5 Å². The quantitative estimate of drug-likeness (QED) is 0.845. The summed E-state index contributed by atoms with van der Waals surface area (Å²) < 4.78 is 38.8. The van der Waals surface area contributed by atoms with E-state index in [2.05, 4.69) is 27.0 Å². The maximum absolute atomic E-state index is 12.9. The zero-order valence-corrected chi connectivity index (χ0v) is 15.9. The molecule has 0 saturated carbocycles. The second-order valence-electron chi connectivity index (χ2n) is 7.82. The molecule has 8 heteroatoms. The lowest BCUT2D eigenvalue weighted by atomic mass is 9.92. The summed E-state index contributed by atoms with van der Waals surface area (Å²) in [5.74, 6) is 0.999. The summed E-state index contributed by atoms with van der Waals surface area (Å²) in [6.07, 6.45) is -2.18. The molecule has 2 atom stereocenters. The zero-order chi connectivity index (χ0) is 20.1. The van der Waals surface area contributed by atoms with Gasteiger partial charge in [-0.1, -0.05) is 0 Å². The van der Waals surface area contributed by atoms with Crippen LogP contribution >= 0.6 is 0 Å². The molecule has 28 heavy (non-hydrogen) atoms. The highest BCUT2D eigenvalue weighted by Crippen LogP contribution is 2.39. The van der Waals surface area contributed by atoms with Gasteiger partial charge in [-0.3, -0.25) is 0 Å². The second kappa shape index (κ2) is 6.92. The summed E-state index contributed by atoms with van der Waals surface area (Å²) in [5, 5.41) is 18.7. The summed E-state index contributed by atoms with van der Waals surface area (Å²) in [4.78, 5) is 4.60. The monoisotopic (exact) mass is 392 g/mol. The average molecular weight is 392 g/mol. The smallest absolute Gasteiger partial charge is 0.416 e. The summed E-state index contributed by atoms with van der Waals surface area (Å²) in [6.45, 7) is 4.57. The van der Waals surface area contributed by atoms with Gasteiger partial charge in [0.15, 0.2) is 5.82 Å². The Hall–Kier alpha value is -2.35. The lowest BCUT2D eigenvalue weighted by Crippen LogP contribution is -2.47. The molecule has 5 nitrogen and oxygen atoms in total. The molecule has 0 radical (unpaired) electrons. The van der Waals surface area contributed by atoms with Crippen LogP contribution in [0.4, 0.5) is 19.0 Å². The molecule has 1 aromatic heterocycles. The van der Waals surface area contributed by atoms with Gasteiger partial charge in [-0.15, -0.1) is 10.2 Å². The van der Waals surface area contributed by atoms with Gasteiger partial charge in [-0.05, 0) is 69.1 Å². The fourth-order valence-corrected chi connectivity index (χ4v) is 4.46. The Morgan fingerprint density at radius 1 is 1.11 bits per heavy atom. The number of hydrogen-bond acceptors (Lipinski definition) is 5. The van der Waals surface area contributed by atoms with Crippen molar-refractivity contribution in [3.8, 4) is 17.0 Å². The van der Waals surface area contributed by atoms with E-state index in [1.54, 1.807) is 6.07 Å². The van der Waals surface area contributed by atoms with Crippen molar-refractivity contribution in [2.45, 2.75) is 32.0 Å². The SMILES string of the molecule is Cc1cc(C(F)(F)F)cc(O)c1-c1ccc(N2CC[C@H]3CCN(C)C[C@H]32)nn1. The van der Waals surface area contributed by atoms with Gasteiger partial charge in [-0.2, -0.15) is 13.2 Å². The van der Waals surface area contributed by atoms with Crippen LogP contribution in [0.1, 0.15) is 24.0 Å². The largest absolute Gasteiger partial charge is 0.507 e. The van der Waals surface area contributed by atoms with Crippen LogP contribution in [-0.4, -0.2) is 52.9 Å². The fraction of sp³-hybridized carbons (Fsp3) is 0.500. The minimum atomic E-state index is -4.50. The standard InChI is InChI=1S/C20H23F3N4O/c1-12-9-14(20(21,22)23)10-17(28)19(12)15-3-4-18(25-24-15)27-8-6-13-5-7-26(2)11-16(13)27/h3-4,9-10,13,16,28H,5-8,11H2,1-2H3/t13-,16-/m1/s1. The molecule has 2 saturated heterocycles. The van der Waals surface area contributed by atoms with Crippen molar-refractivity contribution in [2.75, 3.05) is 31.6 Å². The minimum absolute atomic E-state index is 0.281. The number of anilines is 1. The summed E-state index contributed by atoms with van der Waals surface area (Å²) >= 11 is 0. The highest BCUT2D eigenvalue weighted by atomic mass is 19.4. The number of aryl methyl sites for hydroxylation is 1. The maximum Gasteiger partial charge on any atom is 0.416 e. The van der Waals surface area contributed by atoms with E-state index in [9.17, 15) is 18.3 Å². The number of aromatic hydroxyl groups is 1. The average Bonchev–Trinajstić information content (AvgIpc) is 3.04. The molecule has 0 bridgehead atoms. The Morgan fingerprint density at radius 2 is 1.86 bits per heavy atom. The highest BCUT2D eigenvalue weighted by molar-refractivity contribution is 5.71. The first kappa shape index (κ1) is 19.0. The Bertz CT molecular complexity index is 846. The first-order valence-electron chi connectivity index (χ1n) is 9.44. The summed E-state index contributed by atoms with van der Waals surface area (Å²) in [5.41, 5.74) is 0.0811. The van der Waals surface area contributed by atoms with Crippen molar-refractivity contribution in [1.29, 1.82) is 0 Å². The molecule has 2 aliphatic heterocycles. The molecule has 0 spiro atoms. The van der Waals surface area contributed by atoms with E-state index in [0.29, 0.717) is 23.2 Å². The highest BCUT2D eigenvalue weighted by Gasteiger charge is 2.38. The van der Waals surface area contributed by atoms with Crippen LogP contribution < -0.4 is 4.90 Å². The molecule has 1 aromatic carbocycles. The maximum atomic E-state index is 12.9. The minimum Gasteiger partial charge on any atom is -0.507 e. The van der Waals surface area contributed by atoms with E-state index in [0.717, 1.165) is 44.0 Å². The van der Waals surface area contributed by atoms with Crippen molar-refractivity contribution < 1.29 is 18.3 Å². The number of piperidine rings is 1. The van der Waals surface area contributed by atoms with Crippen molar-refractivity contribution in [3.05, 3.63) is 35.4 Å². The fourth-order valence-electron chi connectivity index (χ4n) is 4.46. The number of rotatable bonds is 2. The number of aromatic nitrogens is 2. The molecule has 3 heterocycles. The Kier molecular flexibility index (Phi) is 4.69. The normalized spacial score (nSPS) is 23.1. The number of likely N-dealkylation sites (tertiary alicyclic amines) is 1. The first-order valence-corrected chi connectivity index (χ1v) is 9.44. The van der Waals surface area contributed by atoms with Gasteiger partial charge in [0, 0.05) is 24.7 Å². The van der Waals surface area contributed by atoms with Gasteiger partial charge in [0.05, 0.1) is 11.3 Å². The van der Waals surface area contributed by atoms with Crippen LogP contribution in [0.3, 0.4) is 0 Å². The van der Waals surface area contributed by atoms with E-state index >= 15 is 0 Å². The van der Waals surface area contributed by atoms with Gasteiger partial charge in [0.1, 0.15) is 5.75 Å². The predicted molar refractivity (Wildman–Crippen MR) is 100 cm³/mol. The number of halogens is 3. The molecule has 2 aliphatic rings. The molecule has 150 valence electrons. The summed E-state index contributed by atoms with van der Waals surface area (Å²) in [7, 11) is 2.12. The molecule has 4 rings (SSSR count). The number of alkyl halides is 3. The number of likely N-dealkylation sites (N-methyl/N-ethyl adjacent to an activating group) is 1. The topological polar surface area (TPSA) is 52.5 Å². The number of phenolic OH excluding ortho intramolecular Hbond substituents is 1.